The monoisotopic (exact) mass is 648 g/mol. The Morgan fingerprint density at radius 2 is 1.05 bits per heavy atom. The first-order chi connectivity index (χ1) is 20.2. The number of aromatic nitrogens is 7. The van der Waals surface area contributed by atoms with Crippen molar-refractivity contribution in [2.24, 2.45) is 0 Å². The van der Waals surface area contributed by atoms with Crippen LogP contribution in [0, 0.1) is 0 Å². The van der Waals surface area contributed by atoms with Crippen LogP contribution < -0.4 is 4.72 Å². The molecule has 43 heavy (non-hydrogen) atoms. The molecule has 0 aliphatic carbocycles. The lowest BCUT2D eigenvalue weighted by Gasteiger charge is -2.08. The molecule has 5 aromatic rings. The summed E-state index contributed by atoms with van der Waals surface area (Å²) >= 11 is 0. The topological polar surface area (TPSA) is 249 Å². The first-order valence-corrected chi connectivity index (χ1v) is 16.2. The minimum absolute atomic E-state index is 0.0646. The molecule has 0 bridgehead atoms. The first-order valence-electron chi connectivity index (χ1n) is 11.9. The van der Waals surface area contributed by atoms with Gasteiger partial charge in [0.2, 0.25) is 10.0 Å². The zero-order valence-electron chi connectivity index (χ0n) is 21.5. The van der Waals surface area contributed by atoms with Crippen molar-refractivity contribution in [3.63, 3.8) is 0 Å². The molecule has 4 N–H and O–H groups in total. The molecule has 17 nitrogen and oxygen atoms in total. The van der Waals surface area contributed by atoms with E-state index in [1.54, 1.807) is 0 Å². The third-order valence-corrected chi connectivity index (χ3v) is 9.00. The van der Waals surface area contributed by atoms with Gasteiger partial charge in [-0.1, -0.05) is 10.4 Å². The Balaban J connectivity index is 1.54. The number of benzene rings is 2. The van der Waals surface area contributed by atoms with E-state index in [9.17, 15) is 34.4 Å². The van der Waals surface area contributed by atoms with Gasteiger partial charge in [0.1, 0.15) is 11.4 Å². The Morgan fingerprint density at radius 1 is 0.628 bits per heavy atom. The van der Waals surface area contributed by atoms with Crippen molar-refractivity contribution in [1.29, 1.82) is 0 Å². The van der Waals surface area contributed by atoms with Crippen LogP contribution in [-0.4, -0.2) is 87.6 Å². The van der Waals surface area contributed by atoms with Crippen LogP contribution in [0.15, 0.2) is 87.7 Å². The molecule has 0 radical (unpaired) electrons. The molecule has 3 aromatic heterocycles. The summed E-state index contributed by atoms with van der Waals surface area (Å²) < 4.78 is 94.5. The number of sulfonamides is 1. The Labute approximate surface area is 244 Å². The Hall–Kier alpha value is -4.44. The molecule has 2 aromatic carbocycles. The van der Waals surface area contributed by atoms with Crippen molar-refractivity contribution in [3.05, 3.63) is 73.1 Å². The van der Waals surface area contributed by atoms with Crippen molar-refractivity contribution in [1.82, 2.24) is 39.7 Å². The fourth-order valence-corrected chi connectivity index (χ4v) is 5.76. The van der Waals surface area contributed by atoms with E-state index in [1.807, 2.05) is 0 Å². The maximum absolute atomic E-state index is 13.0. The van der Waals surface area contributed by atoms with Gasteiger partial charge in [0.05, 0.1) is 56.4 Å². The highest BCUT2D eigenvalue weighted by molar-refractivity contribution is 7.89. The number of pyridine rings is 1. The highest BCUT2D eigenvalue weighted by Gasteiger charge is 2.21. The standard InChI is InChI=1S/C23H20N8O9S3/c32-10-9-24-41(33,34)19-11-20(22-13-30(28-26-22)15-1-5-17(6-2-15)42(35,36)37)25-21(12-19)23-14-31(29-27-23)16-3-7-18(8-4-16)43(38,39)40/h1-8,11-14,24,32H,9-10H2,(H,35,36,37)(H,38,39,40). The van der Waals surface area contributed by atoms with Gasteiger partial charge in [-0.25, -0.2) is 27.5 Å². The number of hydrogen-bond acceptors (Lipinski definition) is 12. The van der Waals surface area contributed by atoms with E-state index in [2.05, 4.69) is 30.3 Å². The molecule has 224 valence electrons. The summed E-state index contributed by atoms with van der Waals surface area (Å²) in [5.41, 5.74) is 1.15. The van der Waals surface area contributed by atoms with Gasteiger partial charge in [-0.2, -0.15) is 16.8 Å². The predicted octanol–water partition coefficient (Wildman–Crippen LogP) is 0.341. The van der Waals surface area contributed by atoms with Crippen LogP contribution in [0.1, 0.15) is 0 Å². The van der Waals surface area contributed by atoms with E-state index in [0.29, 0.717) is 11.4 Å². The number of nitrogens with one attached hydrogen (secondary N) is 1. The zero-order valence-corrected chi connectivity index (χ0v) is 23.9. The van der Waals surface area contributed by atoms with Crippen LogP contribution in [0.2, 0.25) is 0 Å². The molecular formula is C23H20N8O9S3. The van der Waals surface area contributed by atoms with Crippen LogP contribution in [0.25, 0.3) is 34.2 Å². The summed E-state index contributed by atoms with van der Waals surface area (Å²) in [7, 11) is -12.9. The second-order valence-corrected chi connectivity index (χ2v) is 13.3. The van der Waals surface area contributed by atoms with Crippen molar-refractivity contribution < 1.29 is 39.5 Å². The highest BCUT2D eigenvalue weighted by Crippen LogP contribution is 2.26. The maximum Gasteiger partial charge on any atom is 0.294 e. The summed E-state index contributed by atoms with van der Waals surface area (Å²) in [6, 6.07) is 12.6. The molecule has 20 heteroatoms. The number of hydrogen-bond donors (Lipinski definition) is 4. The normalized spacial score (nSPS) is 12.4. The molecule has 0 amide bonds. The molecule has 0 saturated carbocycles. The summed E-state index contributed by atoms with van der Waals surface area (Å²) in [6.07, 6.45) is 2.83. The zero-order chi connectivity index (χ0) is 31.0. The minimum atomic E-state index is -4.40. The molecule has 0 saturated heterocycles. The average molecular weight is 649 g/mol. The average Bonchev–Trinajstić information content (AvgIpc) is 3.66. The van der Waals surface area contributed by atoms with Gasteiger partial charge < -0.3 is 5.11 Å². The maximum atomic E-state index is 13.0. The first kappa shape index (κ1) is 30.0. The largest absolute Gasteiger partial charge is 0.395 e. The molecule has 0 aliphatic heterocycles. The lowest BCUT2D eigenvalue weighted by Crippen LogP contribution is -2.26. The van der Waals surface area contributed by atoms with Crippen LogP contribution in [0.4, 0.5) is 0 Å². The quantitative estimate of drug-likeness (QED) is 0.149. The van der Waals surface area contributed by atoms with Gasteiger partial charge in [0.25, 0.3) is 20.2 Å². The number of aliphatic hydroxyl groups is 1. The van der Waals surface area contributed by atoms with E-state index in [1.165, 1.54) is 82.4 Å². The molecule has 0 atom stereocenters. The lowest BCUT2D eigenvalue weighted by molar-refractivity contribution is 0.301. The third-order valence-electron chi connectivity index (χ3n) is 5.82. The smallest absolute Gasteiger partial charge is 0.294 e. The van der Waals surface area contributed by atoms with E-state index in [4.69, 9.17) is 5.11 Å². The molecule has 3 heterocycles. The molecule has 0 unspecified atom stereocenters. The lowest BCUT2D eigenvalue weighted by atomic mass is 10.2. The van der Waals surface area contributed by atoms with Gasteiger partial charge in [-0.3, -0.25) is 9.11 Å². The van der Waals surface area contributed by atoms with E-state index >= 15 is 0 Å². The minimum Gasteiger partial charge on any atom is -0.395 e. The Kier molecular flexibility index (Phi) is 7.91. The van der Waals surface area contributed by atoms with Gasteiger partial charge in [0, 0.05) is 6.54 Å². The van der Waals surface area contributed by atoms with Crippen molar-refractivity contribution in [3.8, 4) is 34.2 Å². The second kappa shape index (κ2) is 11.3. The Bertz CT molecular complexity index is 2000. The van der Waals surface area contributed by atoms with Crippen molar-refractivity contribution >= 4 is 30.3 Å². The summed E-state index contributed by atoms with van der Waals surface area (Å²) in [5, 5.41) is 25.2. The SMILES string of the molecule is O=S(=O)(O)c1ccc(-n2cc(-c3cc(S(=O)(=O)NCCO)cc(-c4cn(-c5ccc(S(=O)(=O)O)cc5)nn4)n3)nn2)cc1. The molecule has 0 spiro atoms. The fourth-order valence-electron chi connectivity index (χ4n) is 3.74. The summed E-state index contributed by atoms with van der Waals surface area (Å²) in [5.74, 6) is 0. The van der Waals surface area contributed by atoms with Gasteiger partial charge in [0.15, 0.2) is 0 Å². The van der Waals surface area contributed by atoms with Gasteiger partial charge >= 0.3 is 0 Å². The molecule has 0 fully saturated rings. The van der Waals surface area contributed by atoms with Gasteiger partial charge in [-0.05, 0) is 60.7 Å². The fraction of sp³-hybridized carbons (Fsp3) is 0.0870. The predicted molar refractivity (Wildman–Crippen MR) is 147 cm³/mol. The number of aliphatic hydroxyl groups excluding tert-OH is 1. The van der Waals surface area contributed by atoms with Crippen LogP contribution in [0.3, 0.4) is 0 Å². The van der Waals surface area contributed by atoms with Crippen molar-refractivity contribution in [2.45, 2.75) is 14.7 Å². The van der Waals surface area contributed by atoms with E-state index in [-0.39, 0.29) is 44.0 Å². The molecular weight excluding hydrogens is 629 g/mol. The van der Waals surface area contributed by atoms with Crippen LogP contribution >= 0.6 is 0 Å². The van der Waals surface area contributed by atoms with E-state index < -0.39 is 36.9 Å². The third kappa shape index (κ3) is 6.64. The molecule has 5 rings (SSSR count). The van der Waals surface area contributed by atoms with Crippen LogP contribution in [-0.2, 0) is 30.3 Å². The summed E-state index contributed by atoms with van der Waals surface area (Å²) in [4.78, 5) is 3.60. The van der Waals surface area contributed by atoms with Crippen LogP contribution in [0.5, 0.6) is 0 Å². The number of rotatable bonds is 10. The van der Waals surface area contributed by atoms with Gasteiger partial charge in [-0.15, -0.1) is 10.2 Å². The Morgan fingerprint density at radius 3 is 1.42 bits per heavy atom. The number of nitrogens with zero attached hydrogens (tertiary/aromatic N) is 7. The second-order valence-electron chi connectivity index (χ2n) is 8.73. The summed E-state index contributed by atoms with van der Waals surface area (Å²) in [6.45, 7) is -0.694. The van der Waals surface area contributed by atoms with E-state index in [0.717, 1.165) is 0 Å². The molecule has 0 aliphatic rings. The van der Waals surface area contributed by atoms with Crippen molar-refractivity contribution in [2.75, 3.05) is 13.2 Å². The highest BCUT2D eigenvalue weighted by atomic mass is 32.2.